The lowest BCUT2D eigenvalue weighted by Gasteiger charge is -2.20. The summed E-state index contributed by atoms with van der Waals surface area (Å²) in [5.41, 5.74) is 1.06. The Hall–Kier alpha value is -2.73. The topological polar surface area (TPSA) is 99.5 Å². The van der Waals surface area contributed by atoms with Crippen LogP contribution in [-0.2, 0) is 14.8 Å². The van der Waals surface area contributed by atoms with E-state index < -0.39 is 15.9 Å². The van der Waals surface area contributed by atoms with E-state index in [1.165, 1.54) is 35.6 Å². The van der Waals surface area contributed by atoms with Crippen LogP contribution in [-0.4, -0.2) is 44.9 Å². The van der Waals surface area contributed by atoms with Crippen LogP contribution in [0.1, 0.15) is 28.8 Å². The van der Waals surface area contributed by atoms with E-state index in [1.807, 2.05) is 6.07 Å². The molecule has 0 aliphatic carbocycles. The highest BCUT2D eigenvalue weighted by atomic mass is 32.2. The Morgan fingerprint density at radius 3 is 2.61 bits per heavy atom. The molecule has 0 spiro atoms. The first-order valence-corrected chi connectivity index (χ1v) is 10.3. The highest BCUT2D eigenvalue weighted by Crippen LogP contribution is 2.20. The summed E-state index contributed by atoms with van der Waals surface area (Å²) in [4.78, 5) is 12.5. The average molecular weight is 399 g/mol. The zero-order valence-electron chi connectivity index (χ0n) is 15.5. The van der Waals surface area contributed by atoms with Crippen LogP contribution >= 0.6 is 0 Å². The number of hydrogen-bond acceptors (Lipinski definition) is 5. The molecule has 1 unspecified atom stereocenters. The van der Waals surface area contributed by atoms with Crippen molar-refractivity contribution < 1.29 is 17.9 Å². The van der Waals surface area contributed by atoms with E-state index in [0.717, 1.165) is 12.8 Å². The van der Waals surface area contributed by atoms with Crippen LogP contribution in [0.15, 0.2) is 53.4 Å². The van der Waals surface area contributed by atoms with Gasteiger partial charge in [-0.1, -0.05) is 12.1 Å². The van der Waals surface area contributed by atoms with E-state index in [-0.39, 0.29) is 11.0 Å². The smallest absolute Gasteiger partial charge is 0.255 e. The largest absolute Gasteiger partial charge is 0.377 e. The van der Waals surface area contributed by atoms with E-state index in [0.29, 0.717) is 30.0 Å². The molecule has 0 bridgehead atoms. The third-order valence-corrected chi connectivity index (χ3v) is 6.44. The Kier molecular flexibility index (Phi) is 6.09. The first-order valence-electron chi connectivity index (χ1n) is 8.90. The highest BCUT2D eigenvalue weighted by molar-refractivity contribution is 7.89. The van der Waals surface area contributed by atoms with Crippen molar-refractivity contribution in [1.82, 2.24) is 4.31 Å². The van der Waals surface area contributed by atoms with Crippen molar-refractivity contribution in [3.63, 3.8) is 0 Å². The lowest BCUT2D eigenvalue weighted by molar-refractivity contribution is 0.0979. The Morgan fingerprint density at radius 2 is 1.96 bits per heavy atom. The normalized spacial score (nSPS) is 16.7. The number of amides is 1. The van der Waals surface area contributed by atoms with Gasteiger partial charge in [-0.2, -0.15) is 9.57 Å². The van der Waals surface area contributed by atoms with Gasteiger partial charge in [-0.15, -0.1) is 0 Å². The number of sulfonamides is 1. The second-order valence-corrected chi connectivity index (χ2v) is 8.60. The number of rotatable bonds is 6. The summed E-state index contributed by atoms with van der Waals surface area (Å²) in [7, 11) is -2.14. The van der Waals surface area contributed by atoms with Gasteiger partial charge in [0.15, 0.2) is 0 Å². The predicted octanol–water partition coefficient (Wildman–Crippen LogP) is 2.61. The van der Waals surface area contributed by atoms with Gasteiger partial charge in [0.25, 0.3) is 5.91 Å². The van der Waals surface area contributed by atoms with Crippen LogP contribution in [0.3, 0.4) is 0 Å². The highest BCUT2D eigenvalue weighted by Gasteiger charge is 2.26. The van der Waals surface area contributed by atoms with E-state index in [2.05, 4.69) is 5.32 Å². The van der Waals surface area contributed by atoms with E-state index in [4.69, 9.17) is 10.00 Å². The molecular weight excluding hydrogens is 378 g/mol. The number of hydrogen-bond donors (Lipinski definition) is 1. The van der Waals surface area contributed by atoms with Crippen LogP contribution in [0.4, 0.5) is 5.69 Å². The molecule has 0 aromatic heterocycles. The molecule has 1 atom stereocenters. The molecule has 3 rings (SSSR count). The Bertz CT molecular complexity index is 991. The number of nitriles is 1. The van der Waals surface area contributed by atoms with E-state index in [1.54, 1.807) is 24.3 Å². The quantitative estimate of drug-likeness (QED) is 0.805. The molecule has 2 aromatic rings. The van der Waals surface area contributed by atoms with Gasteiger partial charge < -0.3 is 10.1 Å². The molecule has 1 N–H and O–H groups in total. The number of carbonyl (C=O) groups is 1. The number of carbonyl (C=O) groups excluding carboxylic acids is 1. The Labute approximate surface area is 164 Å². The van der Waals surface area contributed by atoms with Crippen molar-refractivity contribution in [2.24, 2.45) is 0 Å². The zero-order chi connectivity index (χ0) is 20.1. The van der Waals surface area contributed by atoms with Crippen LogP contribution in [0, 0.1) is 11.3 Å². The van der Waals surface area contributed by atoms with Crippen LogP contribution < -0.4 is 5.32 Å². The number of nitrogens with zero attached hydrogens (tertiary/aromatic N) is 2. The molecule has 1 fully saturated rings. The maximum absolute atomic E-state index is 12.7. The summed E-state index contributed by atoms with van der Waals surface area (Å²) in [5, 5.41) is 11.8. The van der Waals surface area contributed by atoms with Gasteiger partial charge in [-0.25, -0.2) is 8.42 Å². The van der Waals surface area contributed by atoms with Crippen molar-refractivity contribution in [3.8, 4) is 6.07 Å². The van der Waals surface area contributed by atoms with Crippen molar-refractivity contribution in [2.75, 3.05) is 25.5 Å². The van der Waals surface area contributed by atoms with E-state index >= 15 is 0 Å². The molecule has 1 heterocycles. The third kappa shape index (κ3) is 4.39. The molecule has 1 amide bonds. The van der Waals surface area contributed by atoms with Crippen molar-refractivity contribution in [2.45, 2.75) is 23.8 Å². The Morgan fingerprint density at radius 1 is 1.25 bits per heavy atom. The van der Waals surface area contributed by atoms with Crippen LogP contribution in [0.25, 0.3) is 0 Å². The molecule has 8 heteroatoms. The first kappa shape index (κ1) is 20.0. The minimum absolute atomic E-state index is 0.0787. The molecule has 146 valence electrons. The van der Waals surface area contributed by atoms with Gasteiger partial charge in [-0.05, 0) is 49.2 Å². The lowest BCUT2D eigenvalue weighted by atomic mass is 10.1. The second kappa shape index (κ2) is 8.52. The molecular formula is C20H21N3O4S. The summed E-state index contributed by atoms with van der Waals surface area (Å²) in [6.45, 7) is 0.965. The standard InChI is InChI=1S/C20H21N3O4S/c1-23(14-17-6-4-12-27-17)28(25,26)18-10-8-15(9-11-18)20(24)22-19-7-3-2-5-16(19)13-21/h2-3,5,7-11,17H,4,6,12,14H2,1H3,(H,22,24). The number of benzene rings is 2. The summed E-state index contributed by atoms with van der Waals surface area (Å²) in [6, 6.07) is 14.4. The molecule has 0 radical (unpaired) electrons. The monoisotopic (exact) mass is 399 g/mol. The fourth-order valence-electron chi connectivity index (χ4n) is 3.02. The van der Waals surface area contributed by atoms with Gasteiger partial charge in [0.2, 0.25) is 10.0 Å². The molecule has 0 saturated carbocycles. The van der Waals surface area contributed by atoms with Gasteiger partial charge in [0.1, 0.15) is 6.07 Å². The van der Waals surface area contributed by atoms with Gasteiger partial charge in [-0.3, -0.25) is 4.79 Å². The molecule has 1 aliphatic heterocycles. The SMILES string of the molecule is CN(CC1CCCO1)S(=O)(=O)c1ccc(C(=O)Nc2ccccc2C#N)cc1. The maximum atomic E-state index is 12.7. The summed E-state index contributed by atoms with van der Waals surface area (Å²) >= 11 is 0. The van der Waals surface area contributed by atoms with Crippen molar-refractivity contribution in [3.05, 3.63) is 59.7 Å². The summed E-state index contributed by atoms with van der Waals surface area (Å²) in [5.74, 6) is -0.417. The fraction of sp³-hybridized carbons (Fsp3) is 0.300. The van der Waals surface area contributed by atoms with Gasteiger partial charge >= 0.3 is 0 Å². The second-order valence-electron chi connectivity index (χ2n) is 6.56. The molecule has 1 saturated heterocycles. The fourth-order valence-corrected chi connectivity index (χ4v) is 4.22. The summed E-state index contributed by atoms with van der Waals surface area (Å²) < 4.78 is 32.2. The van der Waals surface area contributed by atoms with Gasteiger partial charge in [0.05, 0.1) is 22.3 Å². The first-order chi connectivity index (χ1) is 13.4. The molecule has 1 aliphatic rings. The van der Waals surface area contributed by atoms with Crippen LogP contribution in [0.5, 0.6) is 0 Å². The number of para-hydroxylation sites is 1. The van der Waals surface area contributed by atoms with Crippen molar-refractivity contribution >= 4 is 21.6 Å². The van der Waals surface area contributed by atoms with Gasteiger partial charge in [0, 0.05) is 25.8 Å². The third-order valence-electron chi connectivity index (χ3n) is 4.61. The molecule has 2 aromatic carbocycles. The van der Waals surface area contributed by atoms with Crippen LogP contribution in [0.2, 0.25) is 0 Å². The number of anilines is 1. The lowest BCUT2D eigenvalue weighted by Crippen LogP contribution is -2.34. The average Bonchev–Trinajstić information content (AvgIpc) is 3.21. The molecule has 7 nitrogen and oxygen atoms in total. The molecule has 28 heavy (non-hydrogen) atoms. The minimum atomic E-state index is -3.66. The Balaban J connectivity index is 1.71. The predicted molar refractivity (Wildman–Crippen MR) is 104 cm³/mol. The number of likely N-dealkylation sites (N-methyl/N-ethyl adjacent to an activating group) is 1. The summed E-state index contributed by atoms with van der Waals surface area (Å²) in [6.07, 6.45) is 1.71. The maximum Gasteiger partial charge on any atom is 0.255 e. The van der Waals surface area contributed by atoms with Crippen molar-refractivity contribution in [1.29, 1.82) is 5.26 Å². The minimum Gasteiger partial charge on any atom is -0.377 e. The number of ether oxygens (including phenoxy) is 1. The zero-order valence-corrected chi connectivity index (χ0v) is 16.3. The van der Waals surface area contributed by atoms with E-state index in [9.17, 15) is 13.2 Å². The number of nitrogens with one attached hydrogen (secondary N) is 1.